The van der Waals surface area contributed by atoms with E-state index in [2.05, 4.69) is 26.1 Å². The number of hydrogen-bond acceptors (Lipinski definition) is 2. The van der Waals surface area contributed by atoms with Gasteiger partial charge in [0.1, 0.15) is 6.04 Å². The minimum absolute atomic E-state index is 0.0715. The van der Waals surface area contributed by atoms with Crippen molar-refractivity contribution in [2.75, 3.05) is 6.54 Å². The van der Waals surface area contributed by atoms with Crippen LogP contribution in [0.15, 0.2) is 48.5 Å². The quantitative estimate of drug-likeness (QED) is 0.819. The van der Waals surface area contributed by atoms with Gasteiger partial charge >= 0.3 is 0 Å². The van der Waals surface area contributed by atoms with Gasteiger partial charge in [-0.3, -0.25) is 9.59 Å². The minimum atomic E-state index is -0.588. The average Bonchev–Trinajstić information content (AvgIpc) is 2.90. The molecule has 0 saturated heterocycles. The van der Waals surface area contributed by atoms with Gasteiger partial charge in [-0.1, -0.05) is 62.7 Å². The number of carbonyl (C=O) groups excluding carboxylic acids is 2. The normalized spacial score (nSPS) is 16.4. The fourth-order valence-corrected chi connectivity index (χ4v) is 3.49. The Morgan fingerprint density at radius 3 is 2.59 bits per heavy atom. The molecule has 1 N–H and O–H groups in total. The van der Waals surface area contributed by atoms with E-state index in [0.29, 0.717) is 23.7 Å². The predicted octanol–water partition coefficient (Wildman–Crippen LogP) is 4.59. The predicted molar refractivity (Wildman–Crippen MR) is 108 cm³/mol. The number of nitrogens with one attached hydrogen (secondary N) is 1. The number of benzene rings is 2. The molecule has 1 aliphatic heterocycles. The van der Waals surface area contributed by atoms with E-state index >= 15 is 0 Å². The smallest absolute Gasteiger partial charge is 0.255 e. The number of carbonyl (C=O) groups is 2. The molecule has 3 rings (SSSR count). The van der Waals surface area contributed by atoms with Gasteiger partial charge in [0.2, 0.25) is 5.91 Å². The Bertz CT molecular complexity index is 857. The minimum Gasteiger partial charge on any atom is -0.350 e. The first-order valence-corrected chi connectivity index (χ1v) is 9.56. The van der Waals surface area contributed by atoms with E-state index in [1.54, 1.807) is 17.0 Å². The van der Waals surface area contributed by atoms with E-state index in [9.17, 15) is 9.59 Å². The van der Waals surface area contributed by atoms with Gasteiger partial charge in [-0.15, -0.1) is 0 Å². The summed E-state index contributed by atoms with van der Waals surface area (Å²) in [6.45, 7) is 7.32. The molecule has 1 heterocycles. The van der Waals surface area contributed by atoms with Crippen LogP contribution in [0.4, 0.5) is 0 Å². The highest BCUT2D eigenvalue weighted by Crippen LogP contribution is 2.35. The van der Waals surface area contributed by atoms with Gasteiger partial charge in [-0.25, -0.2) is 0 Å². The second kappa shape index (κ2) is 7.73. The summed E-state index contributed by atoms with van der Waals surface area (Å²) < 4.78 is 0. The Balaban J connectivity index is 1.80. The van der Waals surface area contributed by atoms with Gasteiger partial charge in [-0.2, -0.15) is 0 Å². The van der Waals surface area contributed by atoms with E-state index in [1.807, 2.05) is 36.4 Å². The maximum Gasteiger partial charge on any atom is 0.255 e. The summed E-state index contributed by atoms with van der Waals surface area (Å²) in [5.74, 6) is -0.236. The van der Waals surface area contributed by atoms with Crippen LogP contribution in [0.1, 0.15) is 54.7 Å². The second-order valence-corrected chi connectivity index (χ2v) is 8.58. The lowest BCUT2D eigenvalue weighted by Gasteiger charge is -2.28. The molecule has 4 nitrogen and oxygen atoms in total. The Morgan fingerprint density at radius 2 is 1.89 bits per heavy atom. The average molecular weight is 385 g/mol. The van der Waals surface area contributed by atoms with Crippen molar-refractivity contribution in [2.24, 2.45) is 5.41 Å². The molecular weight excluding hydrogens is 360 g/mol. The molecule has 142 valence electrons. The molecule has 27 heavy (non-hydrogen) atoms. The van der Waals surface area contributed by atoms with E-state index in [-0.39, 0.29) is 17.2 Å². The van der Waals surface area contributed by atoms with Crippen LogP contribution < -0.4 is 5.32 Å². The molecule has 0 saturated carbocycles. The number of rotatable bonds is 5. The van der Waals surface area contributed by atoms with Crippen LogP contribution in [0.2, 0.25) is 5.02 Å². The van der Waals surface area contributed by atoms with E-state index in [1.165, 1.54) is 0 Å². The van der Waals surface area contributed by atoms with Crippen molar-refractivity contribution >= 4 is 23.4 Å². The Kier molecular flexibility index (Phi) is 5.56. The fraction of sp³-hybridized carbons (Fsp3) is 0.364. The summed E-state index contributed by atoms with van der Waals surface area (Å²) in [4.78, 5) is 27.6. The molecule has 0 aliphatic carbocycles. The van der Waals surface area contributed by atoms with Crippen molar-refractivity contribution in [3.63, 3.8) is 0 Å². The topological polar surface area (TPSA) is 49.4 Å². The zero-order valence-electron chi connectivity index (χ0n) is 16.0. The van der Waals surface area contributed by atoms with Crippen LogP contribution in [0, 0.1) is 5.41 Å². The first-order valence-electron chi connectivity index (χ1n) is 9.18. The van der Waals surface area contributed by atoms with Gasteiger partial charge in [0.15, 0.2) is 0 Å². The van der Waals surface area contributed by atoms with Crippen LogP contribution in [0.3, 0.4) is 0 Å². The third-order valence-electron chi connectivity index (χ3n) is 4.77. The second-order valence-electron chi connectivity index (χ2n) is 8.15. The summed E-state index contributed by atoms with van der Waals surface area (Å²) in [6.07, 6.45) is 0.824. The first kappa shape index (κ1) is 19.4. The fourth-order valence-electron chi connectivity index (χ4n) is 3.27. The van der Waals surface area contributed by atoms with Gasteiger partial charge in [0.05, 0.1) is 0 Å². The van der Waals surface area contributed by atoms with Crippen molar-refractivity contribution in [3.05, 3.63) is 70.2 Å². The van der Waals surface area contributed by atoms with Gasteiger partial charge in [-0.05, 0) is 41.2 Å². The first-order chi connectivity index (χ1) is 12.8. The Morgan fingerprint density at radius 1 is 1.15 bits per heavy atom. The molecule has 1 aliphatic rings. The van der Waals surface area contributed by atoms with Gasteiger partial charge < -0.3 is 10.2 Å². The molecule has 2 aromatic rings. The molecule has 0 radical (unpaired) electrons. The largest absolute Gasteiger partial charge is 0.350 e. The van der Waals surface area contributed by atoms with E-state index < -0.39 is 6.04 Å². The van der Waals surface area contributed by atoms with E-state index in [0.717, 1.165) is 17.5 Å². The van der Waals surface area contributed by atoms with Crippen LogP contribution in [0.5, 0.6) is 0 Å². The van der Waals surface area contributed by atoms with Gasteiger partial charge in [0.25, 0.3) is 5.91 Å². The van der Waals surface area contributed by atoms with Crippen LogP contribution in [-0.4, -0.2) is 23.3 Å². The molecule has 1 atom stereocenters. The third kappa shape index (κ3) is 4.51. The molecule has 0 bridgehead atoms. The summed E-state index contributed by atoms with van der Waals surface area (Å²) >= 11 is 6.01. The highest BCUT2D eigenvalue weighted by molar-refractivity contribution is 6.30. The molecular formula is C22H25ClN2O2. The third-order valence-corrected chi connectivity index (χ3v) is 5.00. The van der Waals surface area contributed by atoms with Crippen LogP contribution in [-0.2, 0) is 11.3 Å². The lowest BCUT2D eigenvalue weighted by atomic mass is 9.92. The highest BCUT2D eigenvalue weighted by atomic mass is 35.5. The van der Waals surface area contributed by atoms with Crippen molar-refractivity contribution < 1.29 is 9.59 Å². The number of nitrogens with zero attached hydrogens (tertiary/aromatic N) is 1. The highest BCUT2D eigenvalue weighted by Gasteiger charge is 2.40. The molecule has 0 aromatic heterocycles. The molecule has 0 spiro atoms. The lowest BCUT2D eigenvalue weighted by Crippen LogP contribution is -2.40. The maximum atomic E-state index is 13.0. The number of amides is 2. The van der Waals surface area contributed by atoms with Gasteiger partial charge in [0, 0.05) is 23.7 Å². The van der Waals surface area contributed by atoms with E-state index in [4.69, 9.17) is 11.6 Å². The molecule has 5 heteroatoms. The Labute approximate surface area is 165 Å². The summed E-state index contributed by atoms with van der Waals surface area (Å²) in [6, 6.07) is 14.2. The molecule has 2 aromatic carbocycles. The maximum absolute atomic E-state index is 13.0. The SMILES string of the molecule is CC(C)(C)CCN1C(=O)c2ccccc2C1C(=O)NCc1cccc(Cl)c1. The number of fused-ring (bicyclic) bond motifs is 1. The summed E-state index contributed by atoms with van der Waals surface area (Å²) in [5, 5.41) is 3.60. The standard InChI is InChI=1S/C22H25ClN2O2/c1-22(2,3)11-12-25-19(17-9-4-5-10-18(17)21(25)27)20(26)24-14-15-7-6-8-16(23)13-15/h4-10,13,19H,11-12,14H2,1-3H3,(H,24,26). The zero-order valence-corrected chi connectivity index (χ0v) is 16.7. The zero-order chi connectivity index (χ0) is 19.6. The summed E-state index contributed by atoms with van der Waals surface area (Å²) in [5.41, 5.74) is 2.40. The van der Waals surface area contributed by atoms with Crippen molar-refractivity contribution in [1.29, 1.82) is 0 Å². The van der Waals surface area contributed by atoms with Crippen LogP contribution >= 0.6 is 11.6 Å². The molecule has 0 fully saturated rings. The number of halogens is 1. The summed E-state index contributed by atoms with van der Waals surface area (Å²) in [7, 11) is 0. The Hall–Kier alpha value is -2.33. The lowest BCUT2D eigenvalue weighted by molar-refractivity contribution is -0.125. The molecule has 1 unspecified atom stereocenters. The molecule has 2 amide bonds. The number of hydrogen-bond donors (Lipinski definition) is 1. The van der Waals surface area contributed by atoms with Crippen molar-refractivity contribution in [2.45, 2.75) is 39.8 Å². The van der Waals surface area contributed by atoms with Crippen molar-refractivity contribution in [3.8, 4) is 0 Å². The van der Waals surface area contributed by atoms with Crippen LogP contribution in [0.25, 0.3) is 0 Å². The van der Waals surface area contributed by atoms with Crippen molar-refractivity contribution in [1.82, 2.24) is 10.2 Å². The monoisotopic (exact) mass is 384 g/mol.